The van der Waals surface area contributed by atoms with Crippen LogP contribution in [0, 0.1) is 17.7 Å². The molecule has 0 fully saturated rings. The Morgan fingerprint density at radius 3 is 2.24 bits per heavy atom. The molecule has 0 saturated heterocycles. The van der Waals surface area contributed by atoms with E-state index in [9.17, 15) is 29.3 Å². The summed E-state index contributed by atoms with van der Waals surface area (Å²) in [4.78, 5) is 26.3. The van der Waals surface area contributed by atoms with Gasteiger partial charge in [0.25, 0.3) is 0 Å². The first-order valence-corrected chi connectivity index (χ1v) is 12.2. The molecule has 4 unspecified atom stereocenters. The Labute approximate surface area is 216 Å². The fraction of sp³-hybridized carbons (Fsp3) is 0.393. The normalized spacial score (nSPS) is 15.6. The second-order valence-electron chi connectivity index (χ2n) is 9.87. The van der Waals surface area contributed by atoms with Crippen LogP contribution < -0.4 is 0 Å². The molecule has 9 heteroatoms. The molecule has 3 aromatic rings. The van der Waals surface area contributed by atoms with Gasteiger partial charge in [0.2, 0.25) is 0 Å². The van der Waals surface area contributed by atoms with E-state index in [0.29, 0.717) is 12.1 Å². The molecule has 0 radical (unpaired) electrons. The number of nitrogens with zero attached hydrogens (tertiary/aromatic N) is 3. The number of aliphatic carboxylic acids is 1. The highest BCUT2D eigenvalue weighted by molar-refractivity contribution is 5.75. The van der Waals surface area contributed by atoms with E-state index in [2.05, 4.69) is 5.10 Å². The van der Waals surface area contributed by atoms with Gasteiger partial charge in [0.1, 0.15) is 11.4 Å². The standard InChI is InChI=1S/C28H34FN3O5/c1-18(2)25(26(35)19(3)21-10-12-22(29)13-11-21)28(37,16-24(33)34)23-14-15-32(30-23)27(36)31(4)17-20-8-6-5-7-9-20/h5-15,18-19,25-26,35,37H,16-17H2,1-4H3,(H,33,34). The lowest BCUT2D eigenvalue weighted by atomic mass is 9.69. The molecule has 4 atom stereocenters. The summed E-state index contributed by atoms with van der Waals surface area (Å²) in [6, 6.07) is 16.0. The first-order valence-electron chi connectivity index (χ1n) is 12.2. The minimum absolute atomic E-state index is 0.0274. The number of carboxylic acids is 1. The average molecular weight is 512 g/mol. The summed E-state index contributed by atoms with van der Waals surface area (Å²) >= 11 is 0. The van der Waals surface area contributed by atoms with Crippen molar-refractivity contribution in [2.24, 2.45) is 11.8 Å². The highest BCUT2D eigenvalue weighted by Gasteiger charge is 2.49. The maximum absolute atomic E-state index is 13.4. The van der Waals surface area contributed by atoms with E-state index in [-0.39, 0.29) is 11.6 Å². The Balaban J connectivity index is 1.93. The maximum atomic E-state index is 13.4. The lowest BCUT2D eigenvalue weighted by Gasteiger charge is -2.41. The van der Waals surface area contributed by atoms with Crippen LogP contribution in [0.1, 0.15) is 49.9 Å². The first-order chi connectivity index (χ1) is 17.4. The lowest BCUT2D eigenvalue weighted by Crippen LogP contribution is -2.48. The van der Waals surface area contributed by atoms with Crippen molar-refractivity contribution < 1.29 is 29.3 Å². The molecule has 0 aliphatic rings. The molecule has 0 spiro atoms. The minimum atomic E-state index is -2.09. The van der Waals surface area contributed by atoms with Crippen LogP contribution in [-0.4, -0.2) is 55.2 Å². The van der Waals surface area contributed by atoms with E-state index >= 15 is 0 Å². The van der Waals surface area contributed by atoms with Gasteiger partial charge in [-0.1, -0.05) is 63.2 Å². The van der Waals surface area contributed by atoms with Gasteiger partial charge in [-0.15, -0.1) is 0 Å². The van der Waals surface area contributed by atoms with Gasteiger partial charge in [-0.25, -0.2) is 9.18 Å². The average Bonchev–Trinajstić information content (AvgIpc) is 3.34. The zero-order chi connectivity index (χ0) is 27.3. The lowest BCUT2D eigenvalue weighted by molar-refractivity contribution is -0.154. The number of carboxylic acid groups (broad SMARTS) is 1. The van der Waals surface area contributed by atoms with Crippen molar-refractivity contribution in [3.8, 4) is 0 Å². The summed E-state index contributed by atoms with van der Waals surface area (Å²) in [6.07, 6.45) is -0.552. The van der Waals surface area contributed by atoms with Crippen molar-refractivity contribution in [1.29, 1.82) is 0 Å². The number of rotatable bonds is 10. The highest BCUT2D eigenvalue weighted by Crippen LogP contribution is 2.42. The van der Waals surface area contributed by atoms with E-state index in [0.717, 1.165) is 10.2 Å². The largest absolute Gasteiger partial charge is 0.481 e. The predicted octanol–water partition coefficient (Wildman–Crippen LogP) is 4.22. The third kappa shape index (κ3) is 6.42. The molecule has 1 heterocycles. The van der Waals surface area contributed by atoms with Gasteiger partial charge in [-0.2, -0.15) is 9.78 Å². The maximum Gasteiger partial charge on any atom is 0.344 e. The molecule has 1 aromatic heterocycles. The van der Waals surface area contributed by atoms with Crippen LogP contribution in [0.4, 0.5) is 9.18 Å². The number of aliphatic hydroxyl groups excluding tert-OH is 1. The number of benzene rings is 2. The first kappa shape index (κ1) is 28.0. The number of aliphatic hydroxyl groups is 2. The molecule has 1 amide bonds. The van der Waals surface area contributed by atoms with Gasteiger partial charge < -0.3 is 20.2 Å². The van der Waals surface area contributed by atoms with Gasteiger partial charge in [0, 0.05) is 31.6 Å². The van der Waals surface area contributed by atoms with Crippen LogP contribution in [0.2, 0.25) is 0 Å². The summed E-state index contributed by atoms with van der Waals surface area (Å²) in [5, 5.41) is 37.2. The number of aromatic nitrogens is 2. The van der Waals surface area contributed by atoms with Gasteiger partial charge in [0.05, 0.1) is 18.2 Å². The Bertz CT molecular complexity index is 1200. The Morgan fingerprint density at radius 1 is 1.05 bits per heavy atom. The summed E-state index contributed by atoms with van der Waals surface area (Å²) in [7, 11) is 1.62. The molecular weight excluding hydrogens is 477 g/mol. The summed E-state index contributed by atoms with van der Waals surface area (Å²) in [5.74, 6) is -3.58. The summed E-state index contributed by atoms with van der Waals surface area (Å²) in [5.41, 5.74) is -0.552. The molecule has 0 aliphatic heterocycles. The molecule has 37 heavy (non-hydrogen) atoms. The SMILES string of the molecule is CC(C)C(C(O)C(C)c1ccc(F)cc1)C(O)(CC(=O)O)c1ccn(C(=O)N(C)Cc2ccccc2)n1. The second-order valence-corrected chi connectivity index (χ2v) is 9.87. The highest BCUT2D eigenvalue weighted by atomic mass is 19.1. The molecular formula is C28H34FN3O5. The van der Waals surface area contributed by atoms with Crippen molar-refractivity contribution in [2.75, 3.05) is 7.05 Å². The van der Waals surface area contributed by atoms with E-state index in [4.69, 9.17) is 0 Å². The third-order valence-corrected chi connectivity index (χ3v) is 6.78. The molecule has 0 aliphatic carbocycles. The smallest absolute Gasteiger partial charge is 0.344 e. The van der Waals surface area contributed by atoms with Crippen LogP contribution in [0.15, 0.2) is 66.9 Å². The monoisotopic (exact) mass is 511 g/mol. The van der Waals surface area contributed by atoms with E-state index in [1.165, 1.54) is 29.3 Å². The van der Waals surface area contributed by atoms with Crippen LogP contribution in [0.25, 0.3) is 0 Å². The van der Waals surface area contributed by atoms with Crippen LogP contribution in [0.5, 0.6) is 0 Å². The fourth-order valence-electron chi connectivity index (χ4n) is 4.87. The number of carbonyl (C=O) groups is 2. The van der Waals surface area contributed by atoms with Crippen LogP contribution in [-0.2, 0) is 16.9 Å². The predicted molar refractivity (Wildman–Crippen MR) is 136 cm³/mol. The number of hydrogen-bond donors (Lipinski definition) is 3. The van der Waals surface area contributed by atoms with Gasteiger partial charge in [-0.3, -0.25) is 4.79 Å². The molecule has 198 valence electrons. The van der Waals surface area contributed by atoms with Crippen LogP contribution >= 0.6 is 0 Å². The Kier molecular flexibility index (Phi) is 8.83. The van der Waals surface area contributed by atoms with Gasteiger partial charge >= 0.3 is 12.0 Å². The van der Waals surface area contributed by atoms with E-state index in [1.807, 2.05) is 30.3 Å². The van der Waals surface area contributed by atoms with E-state index in [1.54, 1.807) is 40.0 Å². The van der Waals surface area contributed by atoms with Gasteiger partial charge in [0.15, 0.2) is 0 Å². The number of halogens is 1. The molecule has 0 saturated carbocycles. The molecule has 8 nitrogen and oxygen atoms in total. The number of carbonyl (C=O) groups excluding carboxylic acids is 1. The zero-order valence-electron chi connectivity index (χ0n) is 21.5. The number of hydrogen-bond acceptors (Lipinski definition) is 5. The molecule has 2 aromatic carbocycles. The fourth-order valence-corrected chi connectivity index (χ4v) is 4.87. The van der Waals surface area contributed by atoms with Crippen molar-refractivity contribution in [3.05, 3.63) is 89.5 Å². The quantitative estimate of drug-likeness (QED) is 0.375. The van der Waals surface area contributed by atoms with Gasteiger partial charge in [-0.05, 0) is 35.2 Å². The number of amides is 1. The van der Waals surface area contributed by atoms with Crippen LogP contribution in [0.3, 0.4) is 0 Å². The molecule has 0 bridgehead atoms. The summed E-state index contributed by atoms with van der Waals surface area (Å²) in [6.45, 7) is 5.60. The topological polar surface area (TPSA) is 116 Å². The third-order valence-electron chi connectivity index (χ3n) is 6.78. The summed E-state index contributed by atoms with van der Waals surface area (Å²) < 4.78 is 14.5. The second kappa shape index (κ2) is 11.7. The Morgan fingerprint density at radius 2 is 1.68 bits per heavy atom. The van der Waals surface area contributed by atoms with Crippen molar-refractivity contribution in [1.82, 2.24) is 14.7 Å². The molecule has 3 N–H and O–H groups in total. The van der Waals surface area contributed by atoms with Crippen molar-refractivity contribution in [2.45, 2.75) is 51.4 Å². The van der Waals surface area contributed by atoms with Crippen molar-refractivity contribution in [3.63, 3.8) is 0 Å². The van der Waals surface area contributed by atoms with E-state index < -0.39 is 47.8 Å². The molecule has 3 rings (SSSR count). The zero-order valence-corrected chi connectivity index (χ0v) is 21.5. The van der Waals surface area contributed by atoms with Crippen molar-refractivity contribution >= 4 is 12.0 Å². The minimum Gasteiger partial charge on any atom is -0.481 e. The Hall–Kier alpha value is -3.56.